The number of aliphatic hydroxyl groups excluding tert-OH is 1. The maximum atomic E-state index is 12.8. The second kappa shape index (κ2) is 14.4. The summed E-state index contributed by atoms with van der Waals surface area (Å²) in [5, 5.41) is 18.8. The smallest absolute Gasteiger partial charge is 0.327 e. The molecule has 1 saturated heterocycles. The number of nitrogens with one attached hydrogen (secondary N) is 1. The van der Waals surface area contributed by atoms with Crippen molar-refractivity contribution in [3.63, 3.8) is 0 Å². The van der Waals surface area contributed by atoms with E-state index in [-0.39, 0.29) is 24.1 Å². The SMILES string of the molecule is CCCCOc1nc(N)c2[nH]c(=O)n(CCCN(Cc3cccc(C(C)C(=O)O)c3)C3CCN(CCO)CC3)c2n1. The van der Waals surface area contributed by atoms with E-state index in [0.717, 1.165) is 56.4 Å². The fourth-order valence-corrected chi connectivity index (χ4v) is 5.42. The summed E-state index contributed by atoms with van der Waals surface area (Å²) < 4.78 is 7.25. The van der Waals surface area contributed by atoms with Crippen LogP contribution in [0.3, 0.4) is 0 Å². The van der Waals surface area contributed by atoms with E-state index in [2.05, 4.69) is 31.7 Å². The number of carboxylic acids is 1. The highest BCUT2D eigenvalue weighted by Gasteiger charge is 2.25. The topological polar surface area (TPSA) is 163 Å². The first kappa shape index (κ1) is 30.5. The van der Waals surface area contributed by atoms with E-state index in [1.54, 1.807) is 11.5 Å². The molecule has 12 heteroatoms. The van der Waals surface area contributed by atoms with E-state index in [9.17, 15) is 19.8 Å². The summed E-state index contributed by atoms with van der Waals surface area (Å²) in [5.74, 6) is -1.24. The number of nitrogens with zero attached hydrogens (tertiary/aromatic N) is 5. The fraction of sp³-hybridized carbons (Fsp3) is 0.586. The molecule has 1 atom stereocenters. The average Bonchev–Trinajstić information content (AvgIpc) is 3.28. The minimum Gasteiger partial charge on any atom is -0.481 e. The Morgan fingerprint density at radius 1 is 1.24 bits per heavy atom. The number of H-pyrrole nitrogens is 1. The van der Waals surface area contributed by atoms with E-state index in [0.29, 0.717) is 49.9 Å². The summed E-state index contributed by atoms with van der Waals surface area (Å²) in [7, 11) is 0. The van der Waals surface area contributed by atoms with Crippen LogP contribution in [-0.2, 0) is 17.9 Å². The highest BCUT2D eigenvalue weighted by atomic mass is 16.5. The highest BCUT2D eigenvalue weighted by Crippen LogP contribution is 2.23. The zero-order valence-corrected chi connectivity index (χ0v) is 24.1. The van der Waals surface area contributed by atoms with Crippen LogP contribution in [0.5, 0.6) is 6.01 Å². The third kappa shape index (κ3) is 7.84. The van der Waals surface area contributed by atoms with Gasteiger partial charge in [0, 0.05) is 32.2 Å². The summed E-state index contributed by atoms with van der Waals surface area (Å²) in [5.41, 5.74) is 8.52. The van der Waals surface area contributed by atoms with Crippen molar-refractivity contribution in [1.29, 1.82) is 0 Å². The first-order valence-corrected chi connectivity index (χ1v) is 14.6. The van der Waals surface area contributed by atoms with E-state index in [1.807, 2.05) is 24.3 Å². The van der Waals surface area contributed by atoms with Gasteiger partial charge in [0.2, 0.25) is 0 Å². The molecule has 3 heterocycles. The number of hydrogen-bond acceptors (Lipinski definition) is 9. The molecule has 12 nitrogen and oxygen atoms in total. The van der Waals surface area contributed by atoms with Crippen LogP contribution in [0.15, 0.2) is 29.1 Å². The quantitative estimate of drug-likeness (QED) is 0.200. The molecule has 2 aromatic heterocycles. The number of carbonyl (C=O) groups is 1. The number of hydrogen-bond donors (Lipinski definition) is 4. The number of nitrogens with two attached hydrogens (primary N) is 1. The second-order valence-electron chi connectivity index (χ2n) is 10.8. The number of ether oxygens (including phenoxy) is 1. The van der Waals surface area contributed by atoms with Crippen molar-refractivity contribution in [3.05, 3.63) is 45.9 Å². The lowest BCUT2D eigenvalue weighted by molar-refractivity contribution is -0.138. The summed E-state index contributed by atoms with van der Waals surface area (Å²) in [4.78, 5) is 40.6. The Labute approximate surface area is 240 Å². The van der Waals surface area contributed by atoms with Gasteiger partial charge in [0.25, 0.3) is 0 Å². The minimum absolute atomic E-state index is 0.154. The lowest BCUT2D eigenvalue weighted by Gasteiger charge is -2.38. The Morgan fingerprint density at radius 2 is 2.02 bits per heavy atom. The van der Waals surface area contributed by atoms with Crippen molar-refractivity contribution in [2.75, 3.05) is 45.1 Å². The fourth-order valence-electron chi connectivity index (χ4n) is 5.42. The van der Waals surface area contributed by atoms with Gasteiger partial charge in [-0.3, -0.25) is 14.3 Å². The molecule has 0 spiro atoms. The number of fused-ring (bicyclic) bond motifs is 1. The normalized spacial score (nSPS) is 15.5. The molecule has 3 aromatic rings. The maximum absolute atomic E-state index is 12.8. The molecule has 5 N–H and O–H groups in total. The van der Waals surface area contributed by atoms with Crippen LogP contribution in [0, 0.1) is 0 Å². The third-order valence-corrected chi connectivity index (χ3v) is 7.88. The standard InChI is InChI=1S/C29H43N7O5/c1-3-4-17-41-28-32-25(30)24-26(33-28)36(29(40)31-24)12-6-11-35(23-9-13-34(14-10-23)15-16-37)19-21-7-5-8-22(18-21)20(2)27(38)39/h5,7-8,18,20,23,37H,3-4,6,9-17,19H2,1-2H3,(H,31,40)(H,38,39)(H2,30,32,33). The zero-order valence-electron chi connectivity index (χ0n) is 24.1. The maximum Gasteiger partial charge on any atom is 0.327 e. The third-order valence-electron chi connectivity index (χ3n) is 7.88. The molecule has 0 bridgehead atoms. The van der Waals surface area contributed by atoms with Gasteiger partial charge < -0.3 is 30.6 Å². The predicted octanol–water partition coefficient (Wildman–Crippen LogP) is 2.42. The number of piperidine rings is 1. The van der Waals surface area contributed by atoms with E-state index < -0.39 is 11.9 Å². The Kier molecular flexibility index (Phi) is 10.7. The number of imidazole rings is 1. The number of aryl methyl sites for hydroxylation is 1. The lowest BCUT2D eigenvalue weighted by atomic mass is 9.98. The van der Waals surface area contributed by atoms with Gasteiger partial charge in [0.05, 0.1) is 19.1 Å². The van der Waals surface area contributed by atoms with Crippen molar-refractivity contribution in [1.82, 2.24) is 29.3 Å². The minimum atomic E-state index is -0.845. The number of anilines is 1. The number of aliphatic carboxylic acids is 1. The Balaban J connectivity index is 1.50. The van der Waals surface area contributed by atoms with Crippen LogP contribution in [0.2, 0.25) is 0 Å². The van der Waals surface area contributed by atoms with Gasteiger partial charge in [-0.15, -0.1) is 0 Å². The monoisotopic (exact) mass is 569 g/mol. The van der Waals surface area contributed by atoms with Gasteiger partial charge in [-0.1, -0.05) is 37.6 Å². The molecule has 0 saturated carbocycles. The number of aromatic nitrogens is 4. The molecule has 41 heavy (non-hydrogen) atoms. The van der Waals surface area contributed by atoms with Crippen molar-refractivity contribution >= 4 is 23.0 Å². The van der Waals surface area contributed by atoms with Gasteiger partial charge in [-0.2, -0.15) is 9.97 Å². The first-order valence-electron chi connectivity index (χ1n) is 14.6. The lowest BCUT2D eigenvalue weighted by Crippen LogP contribution is -2.45. The van der Waals surface area contributed by atoms with Gasteiger partial charge in [0.1, 0.15) is 5.52 Å². The predicted molar refractivity (Wildman–Crippen MR) is 157 cm³/mol. The molecular weight excluding hydrogens is 526 g/mol. The van der Waals surface area contributed by atoms with E-state index >= 15 is 0 Å². The number of likely N-dealkylation sites (tertiary alicyclic amines) is 1. The van der Waals surface area contributed by atoms with Crippen molar-refractivity contribution in [2.45, 2.75) is 71.0 Å². The number of β-amino-alcohol motifs (C(OH)–C–C–N with tert-alkyl or cyclic N) is 1. The van der Waals surface area contributed by atoms with Crippen LogP contribution in [0.25, 0.3) is 11.2 Å². The van der Waals surface area contributed by atoms with Crippen LogP contribution >= 0.6 is 0 Å². The number of carboxylic acid groups (broad SMARTS) is 1. The largest absolute Gasteiger partial charge is 0.481 e. The molecule has 1 aliphatic rings. The molecule has 4 rings (SSSR count). The molecule has 1 aliphatic heterocycles. The number of unbranched alkanes of at least 4 members (excludes halogenated alkanes) is 1. The molecule has 1 unspecified atom stereocenters. The van der Waals surface area contributed by atoms with Gasteiger partial charge in [-0.25, -0.2) is 4.79 Å². The van der Waals surface area contributed by atoms with Crippen molar-refractivity contribution < 1.29 is 19.7 Å². The molecule has 1 fully saturated rings. The van der Waals surface area contributed by atoms with Crippen molar-refractivity contribution in [3.8, 4) is 6.01 Å². The van der Waals surface area contributed by atoms with Gasteiger partial charge in [0.15, 0.2) is 11.5 Å². The van der Waals surface area contributed by atoms with Gasteiger partial charge >= 0.3 is 17.7 Å². The van der Waals surface area contributed by atoms with Crippen LogP contribution in [0.1, 0.15) is 63.0 Å². The Hall–Kier alpha value is -3.48. The molecule has 1 aromatic carbocycles. The van der Waals surface area contributed by atoms with Gasteiger partial charge in [-0.05, 0) is 56.8 Å². The number of aliphatic hydroxyl groups is 1. The van der Waals surface area contributed by atoms with Crippen molar-refractivity contribution in [2.24, 2.45) is 0 Å². The van der Waals surface area contributed by atoms with Crippen LogP contribution < -0.4 is 16.2 Å². The summed E-state index contributed by atoms with van der Waals surface area (Å²) >= 11 is 0. The second-order valence-corrected chi connectivity index (χ2v) is 10.8. The summed E-state index contributed by atoms with van der Waals surface area (Å²) in [6.07, 6.45) is 4.49. The van der Waals surface area contributed by atoms with E-state index in [4.69, 9.17) is 10.5 Å². The average molecular weight is 570 g/mol. The number of nitrogen functional groups attached to an aromatic ring is 1. The molecule has 0 amide bonds. The summed E-state index contributed by atoms with van der Waals surface area (Å²) in [6, 6.07) is 8.30. The zero-order chi connectivity index (χ0) is 29.4. The van der Waals surface area contributed by atoms with Crippen LogP contribution in [0.4, 0.5) is 5.82 Å². The number of aromatic amines is 1. The summed E-state index contributed by atoms with van der Waals surface area (Å²) in [6.45, 7) is 8.77. The molecular formula is C29H43N7O5. The number of benzene rings is 1. The Morgan fingerprint density at radius 3 is 2.73 bits per heavy atom. The molecule has 224 valence electrons. The molecule has 0 radical (unpaired) electrons. The highest BCUT2D eigenvalue weighted by molar-refractivity contribution is 5.81. The Bertz CT molecular complexity index is 1350. The first-order chi connectivity index (χ1) is 19.8. The van der Waals surface area contributed by atoms with E-state index in [1.165, 1.54) is 0 Å². The number of rotatable bonds is 15. The van der Waals surface area contributed by atoms with Crippen LogP contribution in [-0.4, -0.2) is 90.9 Å². The molecule has 0 aliphatic carbocycles.